The van der Waals surface area contributed by atoms with Gasteiger partial charge in [-0.2, -0.15) is 0 Å². The van der Waals surface area contributed by atoms with E-state index in [1.165, 1.54) is 20.0 Å². The minimum absolute atomic E-state index is 0.300. The highest BCUT2D eigenvalue weighted by atomic mass is 32.1. The van der Waals surface area contributed by atoms with E-state index in [4.69, 9.17) is 12.2 Å². The summed E-state index contributed by atoms with van der Waals surface area (Å²) in [4.78, 5) is 11.1. The van der Waals surface area contributed by atoms with E-state index < -0.39 is 6.04 Å². The van der Waals surface area contributed by atoms with Gasteiger partial charge in [0.2, 0.25) is 0 Å². The van der Waals surface area contributed by atoms with Crippen molar-refractivity contribution in [1.29, 1.82) is 0 Å². The van der Waals surface area contributed by atoms with Crippen LogP contribution in [0.15, 0.2) is 0 Å². The molecule has 15 heavy (non-hydrogen) atoms. The van der Waals surface area contributed by atoms with E-state index in [1.54, 1.807) is 6.92 Å². The van der Waals surface area contributed by atoms with Gasteiger partial charge in [-0.05, 0) is 32.0 Å². The van der Waals surface area contributed by atoms with Crippen molar-refractivity contribution in [1.82, 2.24) is 10.6 Å². The molecule has 1 atom stereocenters. The second-order valence-corrected chi connectivity index (χ2v) is 4.25. The van der Waals surface area contributed by atoms with Gasteiger partial charge < -0.3 is 15.4 Å². The minimum atomic E-state index is -0.392. The molecule has 0 radical (unpaired) electrons. The molecule has 0 aliphatic heterocycles. The fourth-order valence-electron chi connectivity index (χ4n) is 1.73. The second-order valence-electron chi connectivity index (χ2n) is 3.84. The molecular weight excluding hydrogens is 212 g/mol. The highest BCUT2D eigenvalue weighted by Gasteiger charge is 2.18. The van der Waals surface area contributed by atoms with Crippen molar-refractivity contribution in [2.45, 2.75) is 44.7 Å². The number of nitrogens with one attached hydrogen (secondary N) is 2. The van der Waals surface area contributed by atoms with Crippen LogP contribution in [0, 0.1) is 0 Å². The monoisotopic (exact) mass is 230 g/mol. The number of carbonyl (C=O) groups is 1. The molecule has 0 heterocycles. The summed E-state index contributed by atoms with van der Waals surface area (Å²) in [5.41, 5.74) is 0. The van der Waals surface area contributed by atoms with Gasteiger partial charge in [0.1, 0.15) is 6.04 Å². The second kappa shape index (κ2) is 5.90. The van der Waals surface area contributed by atoms with Gasteiger partial charge in [0, 0.05) is 6.04 Å². The molecule has 1 unspecified atom stereocenters. The molecule has 1 saturated carbocycles. The fourth-order valence-corrected chi connectivity index (χ4v) is 2.07. The van der Waals surface area contributed by atoms with E-state index >= 15 is 0 Å². The molecule has 86 valence electrons. The average molecular weight is 230 g/mol. The molecule has 0 aromatic heterocycles. The van der Waals surface area contributed by atoms with Gasteiger partial charge in [-0.15, -0.1) is 0 Å². The maximum atomic E-state index is 11.1. The first-order valence-corrected chi connectivity index (χ1v) is 5.69. The number of hydrogen-bond donors (Lipinski definition) is 2. The van der Waals surface area contributed by atoms with Crippen LogP contribution >= 0.6 is 12.2 Å². The van der Waals surface area contributed by atoms with Crippen molar-refractivity contribution in [3.63, 3.8) is 0 Å². The highest BCUT2D eigenvalue weighted by Crippen LogP contribution is 2.17. The maximum absolute atomic E-state index is 11.1. The average Bonchev–Trinajstić information content (AvgIpc) is 2.68. The summed E-state index contributed by atoms with van der Waals surface area (Å²) in [5.74, 6) is -0.300. The Morgan fingerprint density at radius 1 is 1.47 bits per heavy atom. The van der Waals surface area contributed by atoms with Crippen LogP contribution in [0.2, 0.25) is 0 Å². The van der Waals surface area contributed by atoms with E-state index in [2.05, 4.69) is 15.4 Å². The van der Waals surface area contributed by atoms with Crippen LogP contribution in [0.5, 0.6) is 0 Å². The Balaban J connectivity index is 2.25. The fraction of sp³-hybridized carbons (Fsp3) is 0.800. The van der Waals surface area contributed by atoms with Gasteiger partial charge in [-0.25, -0.2) is 4.79 Å². The Kier molecular flexibility index (Phi) is 4.81. The van der Waals surface area contributed by atoms with Crippen LogP contribution in [0.25, 0.3) is 0 Å². The summed E-state index contributed by atoms with van der Waals surface area (Å²) in [5, 5.41) is 6.65. The molecule has 1 aliphatic carbocycles. The zero-order valence-corrected chi connectivity index (χ0v) is 10.0. The van der Waals surface area contributed by atoms with Gasteiger partial charge in [-0.1, -0.05) is 12.8 Å². The molecule has 0 amide bonds. The van der Waals surface area contributed by atoms with E-state index in [0.29, 0.717) is 11.2 Å². The molecule has 2 N–H and O–H groups in total. The lowest BCUT2D eigenvalue weighted by atomic mass is 10.2. The molecular formula is C10H18N2O2S. The summed E-state index contributed by atoms with van der Waals surface area (Å²) >= 11 is 5.10. The molecule has 1 rings (SSSR count). The molecule has 0 saturated heterocycles. The number of methoxy groups -OCH3 is 1. The van der Waals surface area contributed by atoms with Crippen LogP contribution in [-0.2, 0) is 9.53 Å². The minimum Gasteiger partial charge on any atom is -0.467 e. The lowest BCUT2D eigenvalue weighted by Gasteiger charge is -2.18. The van der Waals surface area contributed by atoms with E-state index in [0.717, 1.165) is 12.8 Å². The zero-order chi connectivity index (χ0) is 11.3. The molecule has 1 fully saturated rings. The molecule has 0 bridgehead atoms. The Morgan fingerprint density at radius 2 is 2.07 bits per heavy atom. The number of esters is 1. The van der Waals surface area contributed by atoms with Gasteiger partial charge in [0.25, 0.3) is 0 Å². The SMILES string of the molecule is COC(=O)C(C)NC(=S)NC1CCCC1. The molecule has 4 nitrogen and oxygen atoms in total. The van der Waals surface area contributed by atoms with E-state index in [1.807, 2.05) is 0 Å². The summed E-state index contributed by atoms with van der Waals surface area (Å²) in [6.45, 7) is 1.73. The first kappa shape index (κ1) is 12.2. The molecule has 0 aromatic carbocycles. The summed E-state index contributed by atoms with van der Waals surface area (Å²) in [6, 6.07) is 0.0752. The third-order valence-corrected chi connectivity index (χ3v) is 2.83. The molecule has 0 spiro atoms. The third-order valence-electron chi connectivity index (χ3n) is 2.59. The van der Waals surface area contributed by atoms with Crippen molar-refractivity contribution in [3.05, 3.63) is 0 Å². The van der Waals surface area contributed by atoms with Gasteiger partial charge in [-0.3, -0.25) is 0 Å². The Morgan fingerprint density at radius 3 is 2.60 bits per heavy atom. The summed E-state index contributed by atoms with van der Waals surface area (Å²) < 4.78 is 4.59. The number of thiocarbonyl (C=S) groups is 1. The van der Waals surface area contributed by atoms with Crippen LogP contribution in [0.1, 0.15) is 32.6 Å². The normalized spacial score (nSPS) is 18.3. The largest absolute Gasteiger partial charge is 0.467 e. The quantitative estimate of drug-likeness (QED) is 0.558. The van der Waals surface area contributed by atoms with E-state index in [-0.39, 0.29) is 5.97 Å². The van der Waals surface area contributed by atoms with Gasteiger partial charge >= 0.3 is 5.97 Å². The van der Waals surface area contributed by atoms with Crippen LogP contribution in [0.4, 0.5) is 0 Å². The number of ether oxygens (including phenoxy) is 1. The van der Waals surface area contributed by atoms with Crippen molar-refractivity contribution in [2.24, 2.45) is 0 Å². The van der Waals surface area contributed by atoms with Crippen molar-refractivity contribution < 1.29 is 9.53 Å². The Labute approximate surface area is 95.8 Å². The lowest BCUT2D eigenvalue weighted by molar-refractivity contribution is -0.142. The highest BCUT2D eigenvalue weighted by molar-refractivity contribution is 7.80. The zero-order valence-electron chi connectivity index (χ0n) is 9.21. The standard InChI is InChI=1S/C10H18N2O2S/c1-7(9(13)14-2)11-10(15)12-8-5-3-4-6-8/h7-8H,3-6H2,1-2H3,(H2,11,12,15). The van der Waals surface area contributed by atoms with Crippen molar-refractivity contribution >= 4 is 23.3 Å². The van der Waals surface area contributed by atoms with Crippen LogP contribution < -0.4 is 10.6 Å². The Hall–Kier alpha value is -0.840. The first-order valence-electron chi connectivity index (χ1n) is 5.28. The smallest absolute Gasteiger partial charge is 0.328 e. The number of carbonyl (C=O) groups excluding carboxylic acids is 1. The molecule has 1 aliphatic rings. The van der Waals surface area contributed by atoms with Crippen LogP contribution in [0.3, 0.4) is 0 Å². The van der Waals surface area contributed by atoms with Crippen molar-refractivity contribution in [2.75, 3.05) is 7.11 Å². The third kappa shape index (κ3) is 4.03. The predicted octanol–water partition coefficient (Wildman–Crippen LogP) is 0.955. The van der Waals surface area contributed by atoms with Gasteiger partial charge in [0.05, 0.1) is 7.11 Å². The lowest BCUT2D eigenvalue weighted by Crippen LogP contribution is -2.47. The molecule has 0 aromatic rings. The summed E-state index contributed by atoms with van der Waals surface area (Å²) in [7, 11) is 1.37. The topological polar surface area (TPSA) is 50.4 Å². The Bertz CT molecular complexity index is 240. The summed E-state index contributed by atoms with van der Waals surface area (Å²) in [6.07, 6.45) is 4.84. The number of hydrogen-bond acceptors (Lipinski definition) is 3. The first-order chi connectivity index (χ1) is 7.13. The van der Waals surface area contributed by atoms with Gasteiger partial charge in [0.15, 0.2) is 5.11 Å². The number of rotatable bonds is 3. The van der Waals surface area contributed by atoms with E-state index in [9.17, 15) is 4.79 Å². The van der Waals surface area contributed by atoms with Crippen LogP contribution in [-0.4, -0.2) is 30.3 Å². The predicted molar refractivity (Wildman–Crippen MR) is 62.6 cm³/mol. The molecule has 5 heteroatoms. The van der Waals surface area contributed by atoms with Crippen molar-refractivity contribution in [3.8, 4) is 0 Å². The maximum Gasteiger partial charge on any atom is 0.328 e.